The summed E-state index contributed by atoms with van der Waals surface area (Å²) < 4.78 is 19.4. The summed E-state index contributed by atoms with van der Waals surface area (Å²) in [6.07, 6.45) is 0. The van der Waals surface area contributed by atoms with E-state index in [-0.39, 0.29) is 28.7 Å². The Balaban J connectivity index is 2.25. The zero-order chi connectivity index (χ0) is 13.8. The van der Waals surface area contributed by atoms with E-state index in [1.807, 2.05) is 30.3 Å². The number of carbonyl (C=O) groups is 1. The molecule has 0 saturated heterocycles. The molecule has 0 atom stereocenters. The Labute approximate surface area is 115 Å². The highest BCUT2D eigenvalue weighted by Crippen LogP contribution is 2.31. The molecule has 0 heterocycles. The fourth-order valence-corrected chi connectivity index (χ4v) is 1.87. The van der Waals surface area contributed by atoms with E-state index in [2.05, 4.69) is 0 Å². The minimum Gasteiger partial charge on any atom is -0.484 e. The van der Waals surface area contributed by atoms with Gasteiger partial charge >= 0.3 is 0 Å². The molecule has 98 valence electrons. The molecule has 2 nitrogen and oxygen atoms in total. The number of halogens is 2. The van der Waals surface area contributed by atoms with Crippen LogP contribution in [0.25, 0.3) is 0 Å². The minimum atomic E-state index is -0.712. The molecule has 0 spiro atoms. The third kappa shape index (κ3) is 3.12. The molecule has 0 fully saturated rings. The lowest BCUT2D eigenvalue weighted by molar-refractivity contribution is 0.101. The normalized spacial score (nSPS) is 10.3. The minimum absolute atomic E-state index is 0.0209. The fourth-order valence-electron chi connectivity index (χ4n) is 1.67. The molecule has 0 unspecified atom stereocenters. The summed E-state index contributed by atoms with van der Waals surface area (Å²) in [5.74, 6) is -1.16. The Morgan fingerprint density at radius 1 is 1.21 bits per heavy atom. The zero-order valence-electron chi connectivity index (χ0n) is 10.3. The molecular weight excluding hydrogens is 267 g/mol. The fraction of sp³-hybridized carbons (Fsp3) is 0.133. The molecule has 4 heteroatoms. The van der Waals surface area contributed by atoms with Crippen molar-refractivity contribution < 1.29 is 13.9 Å². The van der Waals surface area contributed by atoms with Gasteiger partial charge in [0.1, 0.15) is 6.61 Å². The average Bonchev–Trinajstić information content (AvgIpc) is 2.39. The van der Waals surface area contributed by atoms with Crippen LogP contribution in [0.4, 0.5) is 4.39 Å². The number of benzene rings is 2. The van der Waals surface area contributed by atoms with E-state index in [0.717, 1.165) is 5.56 Å². The Morgan fingerprint density at radius 2 is 1.89 bits per heavy atom. The molecule has 2 rings (SSSR count). The van der Waals surface area contributed by atoms with Crippen LogP contribution in [-0.4, -0.2) is 5.78 Å². The second-order valence-corrected chi connectivity index (χ2v) is 4.48. The van der Waals surface area contributed by atoms with Gasteiger partial charge in [-0.15, -0.1) is 0 Å². The van der Waals surface area contributed by atoms with Gasteiger partial charge in [0, 0.05) is 0 Å². The first-order valence-electron chi connectivity index (χ1n) is 5.75. The van der Waals surface area contributed by atoms with Crippen molar-refractivity contribution in [2.75, 3.05) is 0 Å². The third-order valence-corrected chi connectivity index (χ3v) is 2.95. The number of ketones is 1. The summed E-state index contributed by atoms with van der Waals surface area (Å²) >= 11 is 5.90. The van der Waals surface area contributed by atoms with Crippen LogP contribution < -0.4 is 4.74 Å². The molecule has 0 aliphatic rings. The predicted molar refractivity (Wildman–Crippen MR) is 72.2 cm³/mol. The Bertz CT molecular complexity index is 597. The van der Waals surface area contributed by atoms with Gasteiger partial charge in [-0.3, -0.25) is 4.79 Å². The summed E-state index contributed by atoms with van der Waals surface area (Å²) in [5.41, 5.74) is 0.874. The highest BCUT2D eigenvalue weighted by atomic mass is 35.5. The van der Waals surface area contributed by atoms with Crippen molar-refractivity contribution in [3.05, 3.63) is 64.4 Å². The van der Waals surface area contributed by atoms with Crippen molar-refractivity contribution >= 4 is 17.4 Å². The quantitative estimate of drug-likeness (QED) is 0.781. The lowest BCUT2D eigenvalue weighted by Gasteiger charge is -2.11. The van der Waals surface area contributed by atoms with E-state index in [0.29, 0.717) is 0 Å². The molecule has 0 aliphatic heterocycles. The van der Waals surface area contributed by atoms with Crippen LogP contribution in [-0.2, 0) is 6.61 Å². The molecule has 0 aliphatic carbocycles. The summed E-state index contributed by atoms with van der Waals surface area (Å²) in [6, 6.07) is 12.1. The number of rotatable bonds is 4. The number of hydrogen-bond donors (Lipinski definition) is 0. The monoisotopic (exact) mass is 278 g/mol. The first kappa shape index (κ1) is 13.6. The van der Waals surface area contributed by atoms with E-state index in [4.69, 9.17) is 16.3 Å². The standard InChI is InChI=1S/C15H12ClFO2/c1-10(18)12-7-8-13(16)15(14(12)17)19-9-11-5-3-2-4-6-11/h2-8H,9H2,1H3. The highest BCUT2D eigenvalue weighted by molar-refractivity contribution is 6.32. The number of Topliss-reactive ketones (excluding diaryl/α,β-unsaturated/α-hetero) is 1. The molecule has 0 bridgehead atoms. The lowest BCUT2D eigenvalue weighted by atomic mass is 10.1. The Kier molecular flexibility index (Phi) is 4.17. The molecule has 0 amide bonds. The van der Waals surface area contributed by atoms with Gasteiger partial charge in [0.2, 0.25) is 0 Å². The van der Waals surface area contributed by atoms with E-state index in [9.17, 15) is 9.18 Å². The lowest BCUT2D eigenvalue weighted by Crippen LogP contribution is -2.03. The number of hydrogen-bond acceptors (Lipinski definition) is 2. The second kappa shape index (κ2) is 5.85. The molecule has 2 aromatic rings. The van der Waals surface area contributed by atoms with Crippen LogP contribution in [0.15, 0.2) is 42.5 Å². The SMILES string of the molecule is CC(=O)c1ccc(Cl)c(OCc2ccccc2)c1F. The van der Waals surface area contributed by atoms with E-state index < -0.39 is 5.82 Å². The summed E-state index contributed by atoms with van der Waals surface area (Å²) in [7, 11) is 0. The van der Waals surface area contributed by atoms with Gasteiger partial charge in [-0.1, -0.05) is 41.9 Å². The Morgan fingerprint density at radius 3 is 2.53 bits per heavy atom. The maximum Gasteiger partial charge on any atom is 0.177 e. The number of carbonyl (C=O) groups excluding carboxylic acids is 1. The summed E-state index contributed by atoms with van der Waals surface area (Å²) in [5, 5.41) is 0.151. The molecule has 19 heavy (non-hydrogen) atoms. The van der Waals surface area contributed by atoms with Crippen LogP contribution in [0.5, 0.6) is 5.75 Å². The largest absolute Gasteiger partial charge is 0.484 e. The second-order valence-electron chi connectivity index (χ2n) is 4.07. The molecule has 0 aromatic heterocycles. The van der Waals surface area contributed by atoms with Crippen LogP contribution in [0.3, 0.4) is 0 Å². The van der Waals surface area contributed by atoms with Crippen molar-refractivity contribution in [2.24, 2.45) is 0 Å². The van der Waals surface area contributed by atoms with Gasteiger partial charge < -0.3 is 4.74 Å². The van der Waals surface area contributed by atoms with Crippen LogP contribution >= 0.6 is 11.6 Å². The van der Waals surface area contributed by atoms with Gasteiger partial charge in [0.25, 0.3) is 0 Å². The van der Waals surface area contributed by atoms with Crippen LogP contribution in [0, 0.1) is 5.82 Å². The highest BCUT2D eigenvalue weighted by Gasteiger charge is 2.16. The Hall–Kier alpha value is -1.87. The molecule has 2 aromatic carbocycles. The predicted octanol–water partition coefficient (Wildman–Crippen LogP) is 4.26. The van der Waals surface area contributed by atoms with E-state index in [1.165, 1.54) is 19.1 Å². The van der Waals surface area contributed by atoms with Gasteiger partial charge in [-0.25, -0.2) is 4.39 Å². The number of ether oxygens (including phenoxy) is 1. The first-order chi connectivity index (χ1) is 9.09. The van der Waals surface area contributed by atoms with Gasteiger partial charge in [0.05, 0.1) is 10.6 Å². The van der Waals surface area contributed by atoms with Gasteiger partial charge in [-0.05, 0) is 24.6 Å². The molecule has 0 radical (unpaired) electrons. The van der Waals surface area contributed by atoms with Crippen molar-refractivity contribution in [1.29, 1.82) is 0 Å². The summed E-state index contributed by atoms with van der Waals surface area (Å²) in [6.45, 7) is 1.49. The topological polar surface area (TPSA) is 26.3 Å². The maximum atomic E-state index is 14.1. The molecular formula is C15H12ClFO2. The summed E-state index contributed by atoms with van der Waals surface area (Å²) in [4.78, 5) is 11.3. The zero-order valence-corrected chi connectivity index (χ0v) is 11.1. The maximum absolute atomic E-state index is 14.1. The van der Waals surface area contributed by atoms with Crippen molar-refractivity contribution in [1.82, 2.24) is 0 Å². The van der Waals surface area contributed by atoms with Crippen molar-refractivity contribution in [3.8, 4) is 5.75 Å². The van der Waals surface area contributed by atoms with Gasteiger partial charge in [-0.2, -0.15) is 0 Å². The van der Waals surface area contributed by atoms with Crippen molar-refractivity contribution in [2.45, 2.75) is 13.5 Å². The first-order valence-corrected chi connectivity index (χ1v) is 6.13. The van der Waals surface area contributed by atoms with Crippen LogP contribution in [0.2, 0.25) is 5.02 Å². The molecule has 0 N–H and O–H groups in total. The van der Waals surface area contributed by atoms with E-state index >= 15 is 0 Å². The smallest absolute Gasteiger partial charge is 0.177 e. The average molecular weight is 279 g/mol. The van der Waals surface area contributed by atoms with Crippen LogP contribution in [0.1, 0.15) is 22.8 Å². The molecule has 0 saturated carbocycles. The van der Waals surface area contributed by atoms with E-state index in [1.54, 1.807) is 0 Å². The van der Waals surface area contributed by atoms with Crippen molar-refractivity contribution in [3.63, 3.8) is 0 Å². The van der Waals surface area contributed by atoms with Gasteiger partial charge in [0.15, 0.2) is 17.3 Å². The third-order valence-electron chi connectivity index (χ3n) is 2.65.